The first-order valence-electron chi connectivity index (χ1n) is 4.49. The van der Waals surface area contributed by atoms with E-state index in [2.05, 4.69) is 48.8 Å². The van der Waals surface area contributed by atoms with E-state index in [1.165, 1.54) is 5.56 Å². The molecule has 72 valence electrons. The molecule has 0 aliphatic heterocycles. The highest BCUT2D eigenvalue weighted by Crippen LogP contribution is 2.26. The van der Waals surface area contributed by atoms with Crippen LogP contribution in [0.4, 0.5) is 0 Å². The van der Waals surface area contributed by atoms with E-state index < -0.39 is 0 Å². The Hall–Kier alpha value is -0.340. The molecule has 13 heavy (non-hydrogen) atoms. The summed E-state index contributed by atoms with van der Waals surface area (Å²) in [5.41, 5.74) is 7.17. The molecule has 0 bridgehead atoms. The molecule has 0 aromatic heterocycles. The zero-order chi connectivity index (χ0) is 10.1. The smallest absolute Gasteiger partial charge is 0.0404 e. The Kier molecular flexibility index (Phi) is 3.14. The highest BCUT2D eigenvalue weighted by molar-refractivity contribution is 9.10. The molecule has 1 nitrogen and oxygen atoms in total. The summed E-state index contributed by atoms with van der Waals surface area (Å²) in [6.45, 7) is 6.35. The van der Waals surface area contributed by atoms with E-state index in [-0.39, 0.29) is 5.54 Å². The number of halogens is 1. The van der Waals surface area contributed by atoms with Crippen LogP contribution in [0.2, 0.25) is 0 Å². The molecule has 0 fully saturated rings. The molecule has 1 aromatic carbocycles. The van der Waals surface area contributed by atoms with Crippen LogP contribution < -0.4 is 5.73 Å². The van der Waals surface area contributed by atoms with Crippen LogP contribution in [-0.2, 0) is 5.54 Å². The minimum atomic E-state index is -0.235. The van der Waals surface area contributed by atoms with Gasteiger partial charge in [-0.05, 0) is 30.5 Å². The number of rotatable bonds is 2. The van der Waals surface area contributed by atoms with Gasteiger partial charge in [0.1, 0.15) is 0 Å². The molecule has 1 aromatic rings. The van der Waals surface area contributed by atoms with E-state index in [9.17, 15) is 0 Å². The van der Waals surface area contributed by atoms with Crippen LogP contribution in [0.25, 0.3) is 0 Å². The standard InChI is InChI=1S/C11H16BrN/c1-8(2)11(3,13)9-4-6-10(12)7-5-9/h4-8H,13H2,1-3H3/t11-/m0/s1. The second-order valence-electron chi connectivity index (χ2n) is 3.94. The molecule has 0 radical (unpaired) electrons. The van der Waals surface area contributed by atoms with Crippen LogP contribution in [0, 0.1) is 5.92 Å². The lowest BCUT2D eigenvalue weighted by Gasteiger charge is -2.29. The van der Waals surface area contributed by atoms with Gasteiger partial charge in [0.15, 0.2) is 0 Å². The van der Waals surface area contributed by atoms with Gasteiger partial charge in [0.2, 0.25) is 0 Å². The van der Waals surface area contributed by atoms with E-state index >= 15 is 0 Å². The lowest BCUT2D eigenvalue weighted by atomic mass is 9.83. The van der Waals surface area contributed by atoms with Crippen molar-refractivity contribution in [1.29, 1.82) is 0 Å². The number of benzene rings is 1. The summed E-state index contributed by atoms with van der Waals surface area (Å²) in [6.07, 6.45) is 0. The molecular formula is C11H16BrN. The summed E-state index contributed by atoms with van der Waals surface area (Å²) < 4.78 is 1.09. The molecule has 2 heteroatoms. The SMILES string of the molecule is CC(C)[C@](C)(N)c1ccc(Br)cc1. The van der Waals surface area contributed by atoms with Crippen molar-refractivity contribution in [3.05, 3.63) is 34.3 Å². The summed E-state index contributed by atoms with van der Waals surface area (Å²) >= 11 is 3.41. The first kappa shape index (κ1) is 10.7. The van der Waals surface area contributed by atoms with Gasteiger partial charge in [0, 0.05) is 10.0 Å². The average Bonchev–Trinajstić information content (AvgIpc) is 2.04. The van der Waals surface area contributed by atoms with Gasteiger partial charge in [-0.2, -0.15) is 0 Å². The Labute approximate surface area is 88.5 Å². The predicted octanol–water partition coefficient (Wildman–Crippen LogP) is 3.28. The maximum absolute atomic E-state index is 6.22. The molecule has 0 spiro atoms. The zero-order valence-corrected chi connectivity index (χ0v) is 9.93. The fourth-order valence-corrected chi connectivity index (χ4v) is 1.41. The maximum Gasteiger partial charge on any atom is 0.0404 e. The van der Waals surface area contributed by atoms with Gasteiger partial charge in [-0.1, -0.05) is 41.9 Å². The fourth-order valence-electron chi connectivity index (χ4n) is 1.14. The molecular weight excluding hydrogens is 226 g/mol. The third-order valence-electron chi connectivity index (χ3n) is 2.67. The highest BCUT2D eigenvalue weighted by Gasteiger charge is 2.24. The minimum Gasteiger partial charge on any atom is -0.321 e. The van der Waals surface area contributed by atoms with Crippen LogP contribution in [0.3, 0.4) is 0 Å². The minimum absolute atomic E-state index is 0.235. The molecule has 0 aliphatic carbocycles. The number of hydrogen-bond donors (Lipinski definition) is 1. The van der Waals surface area contributed by atoms with Gasteiger partial charge in [-0.15, -0.1) is 0 Å². The van der Waals surface area contributed by atoms with Crippen molar-refractivity contribution in [3.63, 3.8) is 0 Å². The fraction of sp³-hybridized carbons (Fsp3) is 0.455. The van der Waals surface area contributed by atoms with Crippen molar-refractivity contribution in [2.24, 2.45) is 11.7 Å². The lowest BCUT2D eigenvalue weighted by molar-refractivity contribution is 0.350. The Bertz CT molecular complexity index is 275. The van der Waals surface area contributed by atoms with Crippen LogP contribution >= 0.6 is 15.9 Å². The average molecular weight is 242 g/mol. The molecule has 0 aliphatic rings. The maximum atomic E-state index is 6.22. The molecule has 0 heterocycles. The van der Waals surface area contributed by atoms with Crippen molar-refractivity contribution in [3.8, 4) is 0 Å². The monoisotopic (exact) mass is 241 g/mol. The third kappa shape index (κ3) is 2.32. The van der Waals surface area contributed by atoms with E-state index in [1.807, 2.05) is 12.1 Å². The van der Waals surface area contributed by atoms with E-state index in [0.29, 0.717) is 5.92 Å². The van der Waals surface area contributed by atoms with Gasteiger partial charge >= 0.3 is 0 Å². The quantitative estimate of drug-likeness (QED) is 0.846. The molecule has 2 N–H and O–H groups in total. The summed E-state index contributed by atoms with van der Waals surface area (Å²) in [5, 5.41) is 0. The van der Waals surface area contributed by atoms with Crippen molar-refractivity contribution in [2.75, 3.05) is 0 Å². The van der Waals surface area contributed by atoms with Gasteiger partial charge in [-0.3, -0.25) is 0 Å². The molecule has 1 rings (SSSR count). The third-order valence-corrected chi connectivity index (χ3v) is 3.19. The van der Waals surface area contributed by atoms with Gasteiger partial charge < -0.3 is 5.73 Å². The van der Waals surface area contributed by atoms with Crippen LogP contribution in [0.5, 0.6) is 0 Å². The Morgan fingerprint density at radius 3 is 2.08 bits per heavy atom. The number of nitrogens with two attached hydrogens (primary N) is 1. The predicted molar refractivity (Wildman–Crippen MR) is 60.5 cm³/mol. The summed E-state index contributed by atoms with van der Waals surface area (Å²) in [7, 11) is 0. The van der Waals surface area contributed by atoms with Crippen molar-refractivity contribution < 1.29 is 0 Å². The first-order chi connectivity index (χ1) is 5.94. The van der Waals surface area contributed by atoms with Crippen molar-refractivity contribution in [1.82, 2.24) is 0 Å². The van der Waals surface area contributed by atoms with E-state index in [4.69, 9.17) is 5.73 Å². The van der Waals surface area contributed by atoms with Gasteiger partial charge in [-0.25, -0.2) is 0 Å². The van der Waals surface area contributed by atoms with Crippen LogP contribution in [0.1, 0.15) is 26.3 Å². The molecule has 0 saturated heterocycles. The summed E-state index contributed by atoms with van der Waals surface area (Å²) in [6, 6.07) is 8.21. The van der Waals surface area contributed by atoms with Gasteiger partial charge in [0.05, 0.1) is 0 Å². The normalized spacial score (nSPS) is 15.8. The van der Waals surface area contributed by atoms with Crippen LogP contribution in [0.15, 0.2) is 28.7 Å². The van der Waals surface area contributed by atoms with Crippen molar-refractivity contribution >= 4 is 15.9 Å². The Morgan fingerprint density at radius 2 is 1.69 bits per heavy atom. The lowest BCUT2D eigenvalue weighted by Crippen LogP contribution is -2.38. The van der Waals surface area contributed by atoms with E-state index in [1.54, 1.807) is 0 Å². The number of hydrogen-bond acceptors (Lipinski definition) is 1. The van der Waals surface area contributed by atoms with Crippen molar-refractivity contribution in [2.45, 2.75) is 26.3 Å². The second-order valence-corrected chi connectivity index (χ2v) is 4.86. The molecule has 0 unspecified atom stereocenters. The topological polar surface area (TPSA) is 26.0 Å². The zero-order valence-electron chi connectivity index (χ0n) is 8.34. The van der Waals surface area contributed by atoms with Gasteiger partial charge in [0.25, 0.3) is 0 Å². The second kappa shape index (κ2) is 3.81. The van der Waals surface area contributed by atoms with Crippen LogP contribution in [-0.4, -0.2) is 0 Å². The molecule has 0 saturated carbocycles. The first-order valence-corrected chi connectivity index (χ1v) is 5.29. The highest BCUT2D eigenvalue weighted by atomic mass is 79.9. The molecule has 1 atom stereocenters. The molecule has 0 amide bonds. The summed E-state index contributed by atoms with van der Waals surface area (Å²) in [4.78, 5) is 0. The Balaban J connectivity index is 3.01. The summed E-state index contributed by atoms with van der Waals surface area (Å²) in [5.74, 6) is 0.439. The largest absolute Gasteiger partial charge is 0.321 e. The Morgan fingerprint density at radius 1 is 1.23 bits per heavy atom. The van der Waals surface area contributed by atoms with E-state index in [0.717, 1.165) is 4.47 Å².